The van der Waals surface area contributed by atoms with E-state index in [4.69, 9.17) is 4.74 Å². The number of halogens is 1. The van der Waals surface area contributed by atoms with Crippen molar-refractivity contribution >= 4 is 11.9 Å². The summed E-state index contributed by atoms with van der Waals surface area (Å²) >= 11 is 0. The first-order valence-corrected chi connectivity index (χ1v) is 11.5. The van der Waals surface area contributed by atoms with Crippen molar-refractivity contribution in [3.8, 4) is 0 Å². The van der Waals surface area contributed by atoms with Crippen LogP contribution in [0.15, 0.2) is 36.4 Å². The van der Waals surface area contributed by atoms with E-state index in [0.717, 1.165) is 87.7 Å². The second-order valence-corrected chi connectivity index (χ2v) is 8.83. The maximum absolute atomic E-state index is 13.2. The van der Waals surface area contributed by atoms with Crippen molar-refractivity contribution in [2.24, 2.45) is 0 Å². The van der Waals surface area contributed by atoms with Crippen LogP contribution in [-0.4, -0.2) is 61.1 Å². The molecular formula is C25H38FN2O3+. The molecule has 0 aliphatic carbocycles. The Balaban J connectivity index is 1.64. The van der Waals surface area contributed by atoms with Crippen molar-refractivity contribution in [3.63, 3.8) is 0 Å². The van der Waals surface area contributed by atoms with E-state index < -0.39 is 0 Å². The molecule has 1 aliphatic rings. The number of benzene rings is 1. The maximum atomic E-state index is 13.2. The van der Waals surface area contributed by atoms with Gasteiger partial charge in [-0.05, 0) is 37.5 Å². The summed E-state index contributed by atoms with van der Waals surface area (Å²) in [6, 6.07) is 6.75. The Bertz CT molecular complexity index is 720. The molecule has 0 aromatic heterocycles. The number of hydrogen-bond donors (Lipinski definition) is 0. The smallest absolute Gasteiger partial charge is 0.302 e. The van der Waals surface area contributed by atoms with E-state index in [9.17, 15) is 14.0 Å². The first kappa shape index (κ1) is 25.1. The van der Waals surface area contributed by atoms with Crippen LogP contribution in [0.5, 0.6) is 0 Å². The van der Waals surface area contributed by atoms with Gasteiger partial charge in [0.25, 0.3) is 0 Å². The van der Waals surface area contributed by atoms with Gasteiger partial charge in [0.05, 0.1) is 33.3 Å². The highest BCUT2D eigenvalue weighted by molar-refractivity contribution is 5.87. The van der Waals surface area contributed by atoms with E-state index in [-0.39, 0.29) is 17.7 Å². The normalized spacial score (nSPS) is 19.4. The monoisotopic (exact) mass is 433 g/mol. The van der Waals surface area contributed by atoms with E-state index in [2.05, 4.69) is 7.05 Å². The molecule has 0 saturated carbocycles. The van der Waals surface area contributed by atoms with Crippen LogP contribution >= 0.6 is 0 Å². The fraction of sp³-hybridized carbons (Fsp3) is 0.600. The lowest BCUT2D eigenvalue weighted by atomic mass is 10.1. The summed E-state index contributed by atoms with van der Waals surface area (Å²) < 4.78 is 18.9. The summed E-state index contributed by atoms with van der Waals surface area (Å²) in [5.74, 6) is -0.308. The molecule has 0 N–H and O–H groups in total. The Hall–Kier alpha value is -2.21. The molecule has 1 amide bonds. The number of unbranched alkanes of at least 4 members (excludes halogenated alkanes) is 5. The van der Waals surface area contributed by atoms with Gasteiger partial charge in [-0.25, -0.2) is 4.39 Å². The average Bonchev–Trinajstić information content (AvgIpc) is 2.92. The van der Waals surface area contributed by atoms with Gasteiger partial charge in [-0.2, -0.15) is 0 Å². The molecule has 1 unspecified atom stereocenters. The number of carbonyl (C=O) groups excluding carboxylic acids is 2. The third-order valence-electron chi connectivity index (χ3n) is 5.91. The molecule has 5 nitrogen and oxygen atoms in total. The third kappa shape index (κ3) is 10.1. The molecule has 0 bridgehead atoms. The van der Waals surface area contributed by atoms with Crippen LogP contribution in [0.3, 0.4) is 0 Å². The van der Waals surface area contributed by atoms with Crippen molar-refractivity contribution < 1.29 is 23.2 Å². The zero-order valence-electron chi connectivity index (χ0n) is 19.2. The molecule has 0 radical (unpaired) electrons. The third-order valence-corrected chi connectivity index (χ3v) is 5.91. The number of quaternary nitrogens is 1. The van der Waals surface area contributed by atoms with Gasteiger partial charge >= 0.3 is 5.97 Å². The van der Waals surface area contributed by atoms with Crippen molar-refractivity contribution in [2.45, 2.75) is 58.4 Å². The highest BCUT2D eigenvalue weighted by Crippen LogP contribution is 2.17. The lowest BCUT2D eigenvalue weighted by Gasteiger charge is -2.33. The van der Waals surface area contributed by atoms with Crippen LogP contribution in [0.2, 0.25) is 0 Å². The van der Waals surface area contributed by atoms with Crippen LogP contribution < -0.4 is 0 Å². The summed E-state index contributed by atoms with van der Waals surface area (Å²) in [5, 5.41) is 0. The van der Waals surface area contributed by atoms with Gasteiger partial charge in [-0.1, -0.05) is 37.5 Å². The topological polar surface area (TPSA) is 46.6 Å². The largest absolute Gasteiger partial charge is 0.466 e. The molecule has 31 heavy (non-hydrogen) atoms. The lowest BCUT2D eigenvalue weighted by Crippen LogP contribution is -2.46. The number of carbonyl (C=O) groups is 2. The van der Waals surface area contributed by atoms with Crippen molar-refractivity contribution in [3.05, 3.63) is 47.8 Å². The van der Waals surface area contributed by atoms with Crippen LogP contribution in [0.25, 0.3) is 0 Å². The number of ether oxygens (including phenoxy) is 1. The van der Waals surface area contributed by atoms with Crippen molar-refractivity contribution in [1.82, 2.24) is 4.90 Å². The quantitative estimate of drug-likeness (QED) is 0.224. The predicted molar refractivity (Wildman–Crippen MR) is 121 cm³/mol. The molecule has 0 spiro atoms. The van der Waals surface area contributed by atoms with E-state index in [1.54, 1.807) is 6.08 Å². The highest BCUT2D eigenvalue weighted by atomic mass is 19.1. The molecule has 6 heteroatoms. The minimum atomic E-state index is -0.212. The molecule has 1 aliphatic heterocycles. The first-order chi connectivity index (χ1) is 14.9. The summed E-state index contributed by atoms with van der Waals surface area (Å²) in [6.07, 6.45) is 10.9. The van der Waals surface area contributed by atoms with E-state index in [0.29, 0.717) is 6.61 Å². The van der Waals surface area contributed by atoms with Gasteiger partial charge in [0.1, 0.15) is 12.4 Å². The SMILES string of the molecule is CC(=O)OCCCCCCC/C=C/C(=O)N1CCC[N+](C)(Cc2ccc(F)cc2)CC1. The Morgan fingerprint density at radius 2 is 1.77 bits per heavy atom. The summed E-state index contributed by atoms with van der Waals surface area (Å²) in [6.45, 7) is 6.28. The predicted octanol–water partition coefficient (Wildman–Crippen LogP) is 4.46. The van der Waals surface area contributed by atoms with Gasteiger partial charge in [-0.3, -0.25) is 9.59 Å². The van der Waals surface area contributed by atoms with E-state index in [1.807, 2.05) is 23.1 Å². The standard InChI is InChI=1S/C25H38FN2O3/c1-22(29)31-20-9-7-5-3-4-6-8-11-25(30)27-16-10-18-28(2,19-17-27)21-23-12-14-24(26)15-13-23/h8,11-15H,3-7,9-10,16-21H2,1-2H3/q+1/b11-8+. The second kappa shape index (κ2) is 13.3. The number of nitrogens with zero attached hydrogens (tertiary/aromatic N) is 2. The van der Waals surface area contributed by atoms with E-state index in [1.165, 1.54) is 19.1 Å². The molecule has 1 fully saturated rings. The average molecular weight is 434 g/mol. The number of hydrogen-bond acceptors (Lipinski definition) is 3. The zero-order chi connectivity index (χ0) is 22.5. The molecule has 1 heterocycles. The summed E-state index contributed by atoms with van der Waals surface area (Å²) in [4.78, 5) is 25.2. The van der Waals surface area contributed by atoms with Crippen molar-refractivity contribution in [1.29, 1.82) is 0 Å². The van der Waals surface area contributed by atoms with Crippen LogP contribution in [0.1, 0.15) is 57.4 Å². The van der Waals surface area contributed by atoms with Gasteiger partial charge in [0.15, 0.2) is 0 Å². The Morgan fingerprint density at radius 3 is 2.52 bits per heavy atom. The Kier molecular flexibility index (Phi) is 10.7. The van der Waals surface area contributed by atoms with Crippen LogP contribution in [-0.2, 0) is 20.9 Å². The fourth-order valence-electron chi connectivity index (χ4n) is 4.04. The summed E-state index contributed by atoms with van der Waals surface area (Å²) in [7, 11) is 2.22. The van der Waals surface area contributed by atoms with Gasteiger partial charge in [0.2, 0.25) is 5.91 Å². The number of amides is 1. The summed E-state index contributed by atoms with van der Waals surface area (Å²) in [5.41, 5.74) is 1.13. The minimum Gasteiger partial charge on any atom is -0.466 e. The number of likely N-dealkylation sites (N-methyl/N-ethyl adjacent to an activating group) is 1. The van der Waals surface area contributed by atoms with Gasteiger partial charge < -0.3 is 14.1 Å². The molecule has 1 aromatic rings. The fourth-order valence-corrected chi connectivity index (χ4v) is 4.04. The molecule has 2 rings (SSSR count). The Morgan fingerprint density at radius 1 is 1.06 bits per heavy atom. The van der Waals surface area contributed by atoms with Crippen LogP contribution in [0.4, 0.5) is 4.39 Å². The van der Waals surface area contributed by atoms with Crippen LogP contribution in [0, 0.1) is 5.82 Å². The molecule has 1 saturated heterocycles. The van der Waals surface area contributed by atoms with Crippen molar-refractivity contribution in [2.75, 3.05) is 39.8 Å². The number of esters is 1. The van der Waals surface area contributed by atoms with Gasteiger partial charge in [0, 0.05) is 25.5 Å². The molecule has 1 aromatic carbocycles. The number of allylic oxidation sites excluding steroid dienone is 1. The number of rotatable bonds is 11. The highest BCUT2D eigenvalue weighted by Gasteiger charge is 2.27. The lowest BCUT2D eigenvalue weighted by molar-refractivity contribution is -0.920. The molecule has 1 atom stereocenters. The minimum absolute atomic E-state index is 0.108. The molecular weight excluding hydrogens is 395 g/mol. The second-order valence-electron chi connectivity index (χ2n) is 8.83. The maximum Gasteiger partial charge on any atom is 0.302 e. The van der Waals surface area contributed by atoms with Gasteiger partial charge in [-0.15, -0.1) is 0 Å². The zero-order valence-corrected chi connectivity index (χ0v) is 19.2. The van der Waals surface area contributed by atoms with E-state index >= 15 is 0 Å². The first-order valence-electron chi connectivity index (χ1n) is 11.5. The molecule has 172 valence electrons. The Labute approximate surface area is 186 Å².